The lowest BCUT2D eigenvalue weighted by atomic mass is 9.89. The van der Waals surface area contributed by atoms with Crippen molar-refractivity contribution in [3.8, 4) is 0 Å². The van der Waals surface area contributed by atoms with Crippen LogP contribution in [0.25, 0.3) is 5.57 Å². The van der Waals surface area contributed by atoms with Crippen LogP contribution in [0.15, 0.2) is 58.6 Å². The molecule has 0 fully saturated rings. The molecule has 2 aliphatic heterocycles. The van der Waals surface area contributed by atoms with E-state index in [1.54, 1.807) is 0 Å². The predicted molar refractivity (Wildman–Crippen MR) is 123 cm³/mol. The number of benzene rings is 2. The lowest BCUT2D eigenvalue weighted by molar-refractivity contribution is 0.711. The van der Waals surface area contributed by atoms with Gasteiger partial charge in [-0.2, -0.15) is 5.10 Å². The Morgan fingerprint density at radius 1 is 1.28 bits per heavy atom. The van der Waals surface area contributed by atoms with Crippen LogP contribution in [0.3, 0.4) is 0 Å². The van der Waals surface area contributed by atoms with Gasteiger partial charge in [0.2, 0.25) is 0 Å². The Morgan fingerprint density at radius 2 is 2.17 bits per heavy atom. The second kappa shape index (κ2) is 8.80. The minimum atomic E-state index is 0.123. The van der Waals surface area contributed by atoms with E-state index in [4.69, 9.17) is 22.4 Å². The SMILES string of the molecule is CC(=NN)C1=NCCC(Nc2cccc(Cl)c2)c2cc(C3=CCNCC3)ccc21. The molecule has 0 amide bonds. The third-order valence-electron chi connectivity index (χ3n) is 5.51. The summed E-state index contributed by atoms with van der Waals surface area (Å²) in [6.45, 7) is 4.55. The molecule has 2 heterocycles. The molecule has 4 rings (SSSR count). The monoisotopic (exact) mass is 407 g/mol. The molecule has 0 saturated carbocycles. The van der Waals surface area contributed by atoms with Crippen molar-refractivity contribution in [1.82, 2.24) is 5.32 Å². The zero-order valence-corrected chi connectivity index (χ0v) is 17.3. The molecule has 0 bridgehead atoms. The largest absolute Gasteiger partial charge is 0.378 e. The van der Waals surface area contributed by atoms with E-state index >= 15 is 0 Å². The molecular formula is C23H26ClN5. The van der Waals surface area contributed by atoms with E-state index in [1.165, 1.54) is 16.7 Å². The average Bonchev–Trinajstić information content (AvgIpc) is 2.93. The molecule has 2 aromatic rings. The van der Waals surface area contributed by atoms with Crippen molar-refractivity contribution in [3.63, 3.8) is 0 Å². The van der Waals surface area contributed by atoms with E-state index in [0.717, 1.165) is 53.6 Å². The standard InChI is InChI=1S/C23H26ClN5/c1-15(29-25)23-20-6-5-17(16-7-10-26-11-8-16)13-21(20)22(9-12-27-23)28-19-4-2-3-18(24)14-19/h2-7,13-14,22,26,28H,8-12,25H2,1H3. The number of rotatable bonds is 4. The van der Waals surface area contributed by atoms with Crippen molar-refractivity contribution < 1.29 is 0 Å². The zero-order valence-electron chi connectivity index (χ0n) is 16.6. The molecule has 4 N–H and O–H groups in total. The van der Waals surface area contributed by atoms with Crippen LogP contribution in [0.1, 0.15) is 42.5 Å². The lowest BCUT2D eigenvalue weighted by Gasteiger charge is -2.23. The van der Waals surface area contributed by atoms with Crippen molar-refractivity contribution in [2.75, 3.05) is 25.0 Å². The number of nitrogens with two attached hydrogens (primary N) is 1. The highest BCUT2D eigenvalue weighted by Crippen LogP contribution is 2.33. The molecule has 6 heteroatoms. The number of hydrogen-bond donors (Lipinski definition) is 3. The van der Waals surface area contributed by atoms with Gasteiger partial charge in [0.25, 0.3) is 0 Å². The summed E-state index contributed by atoms with van der Waals surface area (Å²) in [6.07, 6.45) is 4.20. The lowest BCUT2D eigenvalue weighted by Crippen LogP contribution is -2.21. The smallest absolute Gasteiger partial charge is 0.0879 e. The first-order valence-corrected chi connectivity index (χ1v) is 10.4. The van der Waals surface area contributed by atoms with Crippen LogP contribution in [0.5, 0.6) is 0 Å². The Kier molecular flexibility index (Phi) is 5.97. The molecule has 0 radical (unpaired) electrons. The fourth-order valence-corrected chi connectivity index (χ4v) is 4.19. The summed E-state index contributed by atoms with van der Waals surface area (Å²) < 4.78 is 0. The van der Waals surface area contributed by atoms with Crippen molar-refractivity contribution >= 4 is 34.3 Å². The fourth-order valence-electron chi connectivity index (χ4n) is 4.00. The first-order valence-electron chi connectivity index (χ1n) is 10.0. The van der Waals surface area contributed by atoms with Crippen molar-refractivity contribution in [2.24, 2.45) is 15.9 Å². The maximum absolute atomic E-state index is 6.20. The highest BCUT2D eigenvalue weighted by Gasteiger charge is 2.24. The summed E-state index contributed by atoms with van der Waals surface area (Å²) in [7, 11) is 0. The first-order chi connectivity index (χ1) is 14.2. The summed E-state index contributed by atoms with van der Waals surface area (Å²) in [5.41, 5.74) is 7.61. The first kappa shape index (κ1) is 19.7. The second-order valence-corrected chi connectivity index (χ2v) is 7.86. The molecule has 2 aromatic carbocycles. The number of nitrogens with zero attached hydrogens (tertiary/aromatic N) is 2. The van der Waals surface area contributed by atoms with Crippen LogP contribution in [-0.2, 0) is 0 Å². The van der Waals surface area contributed by atoms with Crippen LogP contribution in [-0.4, -0.2) is 31.1 Å². The Morgan fingerprint density at radius 3 is 2.93 bits per heavy atom. The van der Waals surface area contributed by atoms with Crippen LogP contribution in [0, 0.1) is 0 Å². The summed E-state index contributed by atoms with van der Waals surface area (Å²) in [5.74, 6) is 5.59. The molecule has 0 spiro atoms. The van der Waals surface area contributed by atoms with Gasteiger partial charge in [0, 0.05) is 29.4 Å². The van der Waals surface area contributed by atoms with Crippen LogP contribution >= 0.6 is 11.6 Å². The number of fused-ring (bicyclic) bond motifs is 1. The van der Waals surface area contributed by atoms with Crippen molar-refractivity contribution in [3.05, 3.63) is 70.3 Å². The van der Waals surface area contributed by atoms with Gasteiger partial charge in [-0.05, 0) is 67.3 Å². The fraction of sp³-hybridized carbons (Fsp3) is 0.304. The molecular weight excluding hydrogens is 382 g/mol. The highest BCUT2D eigenvalue weighted by atomic mass is 35.5. The molecule has 2 aliphatic rings. The van der Waals surface area contributed by atoms with Gasteiger partial charge in [-0.25, -0.2) is 0 Å². The molecule has 0 aromatic heterocycles. The molecule has 0 saturated heterocycles. The summed E-state index contributed by atoms with van der Waals surface area (Å²) >= 11 is 6.20. The Labute approximate surface area is 176 Å². The normalized spacial score (nSPS) is 19.7. The van der Waals surface area contributed by atoms with Crippen molar-refractivity contribution in [1.29, 1.82) is 0 Å². The van der Waals surface area contributed by atoms with E-state index < -0.39 is 0 Å². The minimum absolute atomic E-state index is 0.123. The number of aliphatic imine (C=N–C) groups is 1. The Hall–Kier alpha value is -2.63. The number of anilines is 1. The molecule has 1 atom stereocenters. The van der Waals surface area contributed by atoms with Gasteiger partial charge in [0.05, 0.1) is 17.5 Å². The maximum Gasteiger partial charge on any atom is 0.0879 e. The Balaban J connectivity index is 1.77. The topological polar surface area (TPSA) is 74.8 Å². The predicted octanol–water partition coefficient (Wildman–Crippen LogP) is 4.40. The molecule has 150 valence electrons. The minimum Gasteiger partial charge on any atom is -0.378 e. The molecule has 1 unspecified atom stereocenters. The van der Waals surface area contributed by atoms with Crippen LogP contribution < -0.4 is 16.5 Å². The van der Waals surface area contributed by atoms with E-state index in [-0.39, 0.29) is 6.04 Å². The van der Waals surface area contributed by atoms with Crippen LogP contribution in [0.2, 0.25) is 5.02 Å². The van der Waals surface area contributed by atoms with Gasteiger partial charge >= 0.3 is 0 Å². The summed E-state index contributed by atoms with van der Waals surface area (Å²) in [5, 5.41) is 11.7. The van der Waals surface area contributed by atoms with Crippen LogP contribution in [0.4, 0.5) is 5.69 Å². The van der Waals surface area contributed by atoms with Gasteiger partial charge in [-0.3, -0.25) is 4.99 Å². The zero-order chi connectivity index (χ0) is 20.2. The second-order valence-electron chi connectivity index (χ2n) is 7.43. The van der Waals surface area contributed by atoms with E-state index in [0.29, 0.717) is 6.54 Å². The van der Waals surface area contributed by atoms with E-state index in [1.807, 2.05) is 31.2 Å². The Bertz CT molecular complexity index is 993. The molecule has 5 nitrogen and oxygen atoms in total. The average molecular weight is 408 g/mol. The summed E-state index contributed by atoms with van der Waals surface area (Å²) in [4.78, 5) is 4.80. The third-order valence-corrected chi connectivity index (χ3v) is 5.74. The van der Waals surface area contributed by atoms with E-state index in [9.17, 15) is 0 Å². The van der Waals surface area contributed by atoms with Gasteiger partial charge in [0.15, 0.2) is 0 Å². The molecule has 29 heavy (non-hydrogen) atoms. The number of halogens is 1. The van der Waals surface area contributed by atoms with Gasteiger partial charge in [-0.1, -0.05) is 35.9 Å². The van der Waals surface area contributed by atoms with Gasteiger partial charge < -0.3 is 16.5 Å². The van der Waals surface area contributed by atoms with E-state index in [2.05, 4.69) is 40.0 Å². The van der Waals surface area contributed by atoms with Crippen molar-refractivity contribution in [2.45, 2.75) is 25.8 Å². The third kappa shape index (κ3) is 4.36. The number of hydrazone groups is 1. The highest BCUT2D eigenvalue weighted by molar-refractivity contribution is 6.48. The quantitative estimate of drug-likeness (QED) is 0.399. The summed E-state index contributed by atoms with van der Waals surface area (Å²) in [6, 6.07) is 14.6. The molecule has 0 aliphatic carbocycles. The van der Waals surface area contributed by atoms with Gasteiger partial charge in [-0.15, -0.1) is 0 Å². The number of hydrogen-bond acceptors (Lipinski definition) is 5. The van der Waals surface area contributed by atoms with Gasteiger partial charge in [0.1, 0.15) is 0 Å². The maximum atomic E-state index is 6.20. The number of nitrogens with one attached hydrogen (secondary N) is 2.